The van der Waals surface area contributed by atoms with E-state index in [1.807, 2.05) is 13.8 Å². The van der Waals surface area contributed by atoms with Crippen molar-refractivity contribution in [3.63, 3.8) is 0 Å². The van der Waals surface area contributed by atoms with Crippen molar-refractivity contribution in [3.8, 4) is 0 Å². The Bertz CT molecular complexity index is 460. The Morgan fingerprint density at radius 3 is 2.84 bits per heavy atom. The summed E-state index contributed by atoms with van der Waals surface area (Å²) in [7, 11) is 0. The smallest absolute Gasteiger partial charge is 0.237 e. The molecule has 104 valence electrons. The summed E-state index contributed by atoms with van der Waals surface area (Å²) in [5.41, 5.74) is 2.07. The summed E-state index contributed by atoms with van der Waals surface area (Å²) in [6.07, 6.45) is 4.33. The molecule has 1 atom stereocenters. The Balaban J connectivity index is 1.67. The molecule has 1 saturated heterocycles. The highest BCUT2D eigenvalue weighted by molar-refractivity contribution is 5.82. The lowest BCUT2D eigenvalue weighted by Crippen LogP contribution is -2.43. The van der Waals surface area contributed by atoms with Gasteiger partial charge >= 0.3 is 0 Å². The number of aromatic nitrogens is 1. The average molecular weight is 263 g/mol. The monoisotopic (exact) mass is 263 g/mol. The molecule has 0 radical (unpaired) electrons. The first kappa shape index (κ1) is 12.7. The van der Waals surface area contributed by atoms with Gasteiger partial charge in [0.25, 0.3) is 0 Å². The number of aryl methyl sites for hydroxylation is 2. The molecule has 1 aliphatic carbocycles. The van der Waals surface area contributed by atoms with Crippen LogP contribution in [-0.2, 0) is 11.3 Å². The molecule has 5 nitrogen and oxygen atoms in total. The summed E-state index contributed by atoms with van der Waals surface area (Å²) < 4.78 is 5.20. The van der Waals surface area contributed by atoms with Crippen molar-refractivity contribution < 1.29 is 9.32 Å². The number of hydrogen-bond donors (Lipinski definition) is 1. The normalized spacial score (nSPS) is 23.8. The third-order valence-electron chi connectivity index (χ3n) is 4.13. The van der Waals surface area contributed by atoms with Crippen LogP contribution in [0.1, 0.15) is 42.7 Å². The number of nitrogens with one attached hydrogen (secondary N) is 1. The highest BCUT2D eigenvalue weighted by Gasteiger charge is 2.34. The number of amides is 1. The van der Waals surface area contributed by atoms with Crippen molar-refractivity contribution in [2.24, 2.45) is 0 Å². The fourth-order valence-corrected chi connectivity index (χ4v) is 2.77. The first-order chi connectivity index (χ1) is 9.15. The minimum atomic E-state index is 0.0225. The van der Waals surface area contributed by atoms with Gasteiger partial charge in [0, 0.05) is 18.2 Å². The number of nitrogens with zero attached hydrogens (tertiary/aromatic N) is 2. The van der Waals surface area contributed by atoms with E-state index in [4.69, 9.17) is 4.52 Å². The lowest BCUT2D eigenvalue weighted by molar-refractivity contribution is -0.125. The molecule has 3 rings (SSSR count). The molecule has 1 aromatic heterocycles. The molecule has 0 spiro atoms. The highest BCUT2D eigenvalue weighted by atomic mass is 16.5. The summed E-state index contributed by atoms with van der Waals surface area (Å²) in [4.78, 5) is 14.5. The SMILES string of the molecule is Cc1noc(C)c1CN1CCC[C@H]1C(=O)NC1CC1. The highest BCUT2D eigenvalue weighted by Crippen LogP contribution is 2.25. The molecule has 2 fully saturated rings. The van der Waals surface area contributed by atoms with E-state index >= 15 is 0 Å². The summed E-state index contributed by atoms with van der Waals surface area (Å²) in [5, 5.41) is 7.10. The van der Waals surface area contributed by atoms with Crippen molar-refractivity contribution in [1.82, 2.24) is 15.4 Å². The van der Waals surface area contributed by atoms with E-state index in [1.165, 1.54) is 0 Å². The molecule has 2 heterocycles. The molecule has 0 unspecified atom stereocenters. The van der Waals surface area contributed by atoms with Gasteiger partial charge in [-0.1, -0.05) is 5.16 Å². The molecule has 5 heteroatoms. The fraction of sp³-hybridized carbons (Fsp3) is 0.714. The molecular formula is C14H21N3O2. The molecular weight excluding hydrogens is 242 g/mol. The standard InChI is InChI=1S/C14H21N3O2/c1-9-12(10(2)19-16-9)8-17-7-3-4-13(17)14(18)15-11-5-6-11/h11,13H,3-8H2,1-2H3,(H,15,18)/t13-/m0/s1. The number of likely N-dealkylation sites (tertiary alicyclic amines) is 1. The summed E-state index contributed by atoms with van der Waals surface area (Å²) in [6, 6.07) is 0.461. The molecule has 1 aliphatic heterocycles. The van der Waals surface area contributed by atoms with E-state index in [-0.39, 0.29) is 11.9 Å². The molecule has 0 bridgehead atoms. The third kappa shape index (κ3) is 2.66. The van der Waals surface area contributed by atoms with Gasteiger partial charge < -0.3 is 9.84 Å². The van der Waals surface area contributed by atoms with Crippen LogP contribution in [0.5, 0.6) is 0 Å². The van der Waals surface area contributed by atoms with Gasteiger partial charge in [-0.2, -0.15) is 0 Å². The van der Waals surface area contributed by atoms with Gasteiger partial charge in [-0.05, 0) is 46.1 Å². The minimum Gasteiger partial charge on any atom is -0.361 e. The summed E-state index contributed by atoms with van der Waals surface area (Å²) in [6.45, 7) is 5.64. The second-order valence-corrected chi connectivity index (χ2v) is 5.71. The maximum absolute atomic E-state index is 12.2. The fourth-order valence-electron chi connectivity index (χ4n) is 2.77. The van der Waals surface area contributed by atoms with Crippen molar-refractivity contribution in [2.75, 3.05) is 6.54 Å². The Labute approximate surface area is 113 Å². The van der Waals surface area contributed by atoms with Gasteiger partial charge in [0.2, 0.25) is 5.91 Å². The molecule has 1 aromatic rings. The lowest BCUT2D eigenvalue weighted by Gasteiger charge is -2.23. The Morgan fingerprint density at radius 1 is 1.42 bits per heavy atom. The average Bonchev–Trinajstić information content (AvgIpc) is 2.98. The van der Waals surface area contributed by atoms with E-state index in [2.05, 4.69) is 15.4 Å². The second-order valence-electron chi connectivity index (χ2n) is 5.71. The van der Waals surface area contributed by atoms with E-state index in [1.54, 1.807) is 0 Å². The number of carbonyl (C=O) groups excluding carboxylic acids is 1. The number of hydrogen-bond acceptors (Lipinski definition) is 4. The number of carbonyl (C=O) groups is 1. The van der Waals surface area contributed by atoms with Crippen LogP contribution in [0, 0.1) is 13.8 Å². The van der Waals surface area contributed by atoms with Crippen LogP contribution in [0.4, 0.5) is 0 Å². The van der Waals surface area contributed by atoms with Gasteiger partial charge in [-0.3, -0.25) is 9.69 Å². The van der Waals surface area contributed by atoms with Crippen LogP contribution in [0.25, 0.3) is 0 Å². The van der Waals surface area contributed by atoms with E-state index < -0.39 is 0 Å². The van der Waals surface area contributed by atoms with E-state index in [9.17, 15) is 4.79 Å². The predicted molar refractivity (Wildman–Crippen MR) is 70.6 cm³/mol. The summed E-state index contributed by atoms with van der Waals surface area (Å²) >= 11 is 0. The van der Waals surface area contributed by atoms with Gasteiger partial charge in [0.1, 0.15) is 5.76 Å². The first-order valence-corrected chi connectivity index (χ1v) is 7.11. The van der Waals surface area contributed by atoms with Crippen LogP contribution < -0.4 is 5.32 Å². The largest absolute Gasteiger partial charge is 0.361 e. The summed E-state index contributed by atoms with van der Waals surface area (Å²) in [5.74, 6) is 1.07. The maximum Gasteiger partial charge on any atom is 0.237 e. The van der Waals surface area contributed by atoms with Crippen LogP contribution in [0.15, 0.2) is 4.52 Å². The van der Waals surface area contributed by atoms with Crippen molar-refractivity contribution >= 4 is 5.91 Å². The Kier molecular flexibility index (Phi) is 3.31. The van der Waals surface area contributed by atoms with Crippen molar-refractivity contribution in [2.45, 2.75) is 58.2 Å². The molecule has 2 aliphatic rings. The topological polar surface area (TPSA) is 58.4 Å². The molecule has 1 amide bonds. The van der Waals surface area contributed by atoms with Crippen LogP contribution in [-0.4, -0.2) is 34.6 Å². The quantitative estimate of drug-likeness (QED) is 0.895. The third-order valence-corrected chi connectivity index (χ3v) is 4.13. The van der Waals surface area contributed by atoms with Crippen LogP contribution in [0.2, 0.25) is 0 Å². The molecule has 1 saturated carbocycles. The lowest BCUT2D eigenvalue weighted by atomic mass is 10.1. The first-order valence-electron chi connectivity index (χ1n) is 7.11. The predicted octanol–water partition coefficient (Wildman–Crippen LogP) is 1.53. The van der Waals surface area contributed by atoms with E-state index in [0.29, 0.717) is 6.04 Å². The molecule has 1 N–H and O–H groups in total. The van der Waals surface area contributed by atoms with Crippen molar-refractivity contribution in [1.29, 1.82) is 0 Å². The zero-order chi connectivity index (χ0) is 13.4. The second kappa shape index (κ2) is 4.96. The Hall–Kier alpha value is -1.36. The van der Waals surface area contributed by atoms with Gasteiger partial charge in [-0.25, -0.2) is 0 Å². The number of rotatable bonds is 4. The minimum absolute atomic E-state index is 0.0225. The molecule has 19 heavy (non-hydrogen) atoms. The van der Waals surface area contributed by atoms with Crippen LogP contribution in [0.3, 0.4) is 0 Å². The van der Waals surface area contributed by atoms with Crippen molar-refractivity contribution in [3.05, 3.63) is 17.0 Å². The van der Waals surface area contributed by atoms with Crippen LogP contribution >= 0.6 is 0 Å². The molecule has 0 aromatic carbocycles. The van der Waals surface area contributed by atoms with Gasteiger partial charge in [-0.15, -0.1) is 0 Å². The zero-order valence-electron chi connectivity index (χ0n) is 11.6. The zero-order valence-corrected chi connectivity index (χ0v) is 11.6. The van der Waals surface area contributed by atoms with Gasteiger partial charge in [0.05, 0.1) is 11.7 Å². The van der Waals surface area contributed by atoms with E-state index in [0.717, 1.165) is 55.8 Å². The maximum atomic E-state index is 12.2. The Morgan fingerprint density at radius 2 is 2.21 bits per heavy atom. The van der Waals surface area contributed by atoms with Gasteiger partial charge in [0.15, 0.2) is 0 Å².